The van der Waals surface area contributed by atoms with Crippen molar-refractivity contribution in [1.82, 2.24) is 0 Å². The molecule has 1 aromatic rings. The first-order valence-corrected chi connectivity index (χ1v) is 6.20. The molecule has 0 aliphatic rings. The summed E-state index contributed by atoms with van der Waals surface area (Å²) in [6.07, 6.45) is 1.87. The van der Waals surface area contributed by atoms with Crippen LogP contribution in [0, 0.1) is 0 Å². The predicted octanol–water partition coefficient (Wildman–Crippen LogP) is 2.94. The maximum atomic E-state index is 10.8. The molecular weight excluding hydrogens is 240 g/mol. The Morgan fingerprint density at radius 2 is 1.69 bits per heavy atom. The summed E-state index contributed by atoms with van der Waals surface area (Å²) in [5, 5.41) is 0. The normalized spacial score (nSPS) is 8.94. The van der Waals surface area contributed by atoms with E-state index in [0.29, 0.717) is 11.1 Å². The van der Waals surface area contributed by atoms with Crippen LogP contribution in [0.25, 0.3) is 0 Å². The molecule has 0 fully saturated rings. The fourth-order valence-corrected chi connectivity index (χ4v) is 1.43. The van der Waals surface area contributed by atoms with Gasteiger partial charge >= 0.3 is 0 Å². The number of carbonyl (C=O) groups is 2. The zero-order valence-corrected chi connectivity index (χ0v) is 11.0. The molecule has 0 atom stereocenters. The third kappa shape index (κ3) is 6.69. The van der Waals surface area contributed by atoms with E-state index < -0.39 is 0 Å². The van der Waals surface area contributed by atoms with E-state index in [1.807, 2.05) is 0 Å². The largest absolute Gasteiger partial charge is 0.298 e. The number of Topliss-reactive ketones (excluding diaryl/α,β-unsaturated/α-hetero) is 1. The second kappa shape index (κ2) is 9.48. The highest BCUT2D eigenvalue weighted by Crippen LogP contribution is 2.02. The molecule has 1 aromatic carbocycles. The van der Waals surface area contributed by atoms with E-state index in [1.165, 1.54) is 6.92 Å². The lowest BCUT2D eigenvalue weighted by Gasteiger charge is -1.93. The molecule has 4 heteroatoms. The molecule has 0 radical (unpaired) electrons. The molecule has 0 spiro atoms. The fourth-order valence-electron chi connectivity index (χ4n) is 0.867. The van der Waals surface area contributed by atoms with Crippen molar-refractivity contribution < 1.29 is 9.59 Å². The number of ketones is 1. The van der Waals surface area contributed by atoms with Crippen LogP contribution in [0.15, 0.2) is 24.3 Å². The van der Waals surface area contributed by atoms with Crippen molar-refractivity contribution in [3.63, 3.8) is 0 Å². The van der Waals surface area contributed by atoms with E-state index >= 15 is 0 Å². The van der Waals surface area contributed by atoms with Crippen LogP contribution in [0.4, 0.5) is 0 Å². The van der Waals surface area contributed by atoms with Crippen molar-refractivity contribution in [2.24, 2.45) is 0 Å². The Morgan fingerprint density at radius 3 is 1.94 bits per heavy atom. The van der Waals surface area contributed by atoms with Crippen molar-refractivity contribution in [3.8, 4) is 0 Å². The smallest absolute Gasteiger partial charge is 0.159 e. The number of thiol groups is 2. The van der Waals surface area contributed by atoms with Gasteiger partial charge < -0.3 is 0 Å². The molecule has 0 aromatic heterocycles. The minimum Gasteiger partial charge on any atom is -0.298 e. The van der Waals surface area contributed by atoms with E-state index in [9.17, 15) is 9.59 Å². The average molecular weight is 256 g/mol. The van der Waals surface area contributed by atoms with E-state index in [4.69, 9.17) is 0 Å². The summed E-state index contributed by atoms with van der Waals surface area (Å²) < 4.78 is 0. The Bertz CT molecular complexity index is 318. The third-order valence-electron chi connectivity index (χ3n) is 1.77. The number of benzene rings is 1. The van der Waals surface area contributed by atoms with Crippen molar-refractivity contribution in [2.75, 3.05) is 11.5 Å². The van der Waals surface area contributed by atoms with Gasteiger partial charge in [0, 0.05) is 11.1 Å². The Balaban J connectivity index is 0.000000385. The molecule has 0 aliphatic carbocycles. The lowest BCUT2D eigenvalue weighted by Crippen LogP contribution is -1.91. The van der Waals surface area contributed by atoms with Gasteiger partial charge in [-0.3, -0.25) is 9.59 Å². The van der Waals surface area contributed by atoms with Crippen LogP contribution in [-0.2, 0) is 0 Å². The van der Waals surface area contributed by atoms with Gasteiger partial charge in [-0.25, -0.2) is 0 Å². The summed E-state index contributed by atoms with van der Waals surface area (Å²) in [5.41, 5.74) is 1.23. The molecular formula is C12H16O2S2. The summed E-state index contributed by atoms with van der Waals surface area (Å²) in [5.74, 6) is 1.94. The van der Waals surface area contributed by atoms with Gasteiger partial charge in [-0.2, -0.15) is 25.3 Å². The quantitative estimate of drug-likeness (QED) is 0.493. The molecule has 16 heavy (non-hydrogen) atoms. The second-order valence-electron chi connectivity index (χ2n) is 3.10. The number of hydrogen-bond donors (Lipinski definition) is 2. The van der Waals surface area contributed by atoms with Crippen LogP contribution in [0.2, 0.25) is 0 Å². The monoisotopic (exact) mass is 256 g/mol. The molecule has 0 N–H and O–H groups in total. The van der Waals surface area contributed by atoms with Gasteiger partial charge in [0.15, 0.2) is 5.78 Å². The maximum Gasteiger partial charge on any atom is 0.159 e. The maximum absolute atomic E-state index is 10.8. The first-order valence-electron chi connectivity index (χ1n) is 4.93. The van der Waals surface area contributed by atoms with Gasteiger partial charge in [0.1, 0.15) is 6.29 Å². The standard InChI is InChI=1S/C9H8O2.C3H8S2/c1-7(11)9-4-2-8(6-10)3-5-9;4-2-1-3-5/h2-6H,1H3;4-5H,1-3H2. The third-order valence-corrected chi connectivity index (χ3v) is 2.40. The highest BCUT2D eigenvalue weighted by Gasteiger charge is 1.96. The summed E-state index contributed by atoms with van der Waals surface area (Å²) in [6.45, 7) is 1.50. The van der Waals surface area contributed by atoms with Crippen molar-refractivity contribution >= 4 is 37.3 Å². The average Bonchev–Trinajstić information content (AvgIpc) is 2.31. The molecule has 0 heterocycles. The van der Waals surface area contributed by atoms with Crippen LogP contribution < -0.4 is 0 Å². The van der Waals surface area contributed by atoms with Gasteiger partial charge in [-0.15, -0.1) is 0 Å². The molecule has 2 nitrogen and oxygen atoms in total. The fraction of sp³-hybridized carbons (Fsp3) is 0.333. The summed E-state index contributed by atoms with van der Waals surface area (Å²) in [4.78, 5) is 21.0. The minimum absolute atomic E-state index is 0.0162. The highest BCUT2D eigenvalue weighted by atomic mass is 32.1. The first kappa shape index (κ1) is 15.3. The zero-order chi connectivity index (χ0) is 12.4. The predicted molar refractivity (Wildman–Crippen MR) is 74.2 cm³/mol. The summed E-state index contributed by atoms with van der Waals surface area (Å²) in [6, 6.07) is 6.55. The molecule has 88 valence electrons. The Morgan fingerprint density at radius 1 is 1.19 bits per heavy atom. The number of rotatable bonds is 4. The van der Waals surface area contributed by atoms with Crippen molar-refractivity contribution in [3.05, 3.63) is 35.4 Å². The Labute approximate surface area is 107 Å². The molecule has 0 unspecified atom stereocenters. The van der Waals surface area contributed by atoms with Crippen LogP contribution in [0.5, 0.6) is 0 Å². The Kier molecular flexibility index (Phi) is 9.04. The number of aldehydes is 1. The lowest BCUT2D eigenvalue weighted by molar-refractivity contribution is 0.101. The van der Waals surface area contributed by atoms with E-state index in [2.05, 4.69) is 25.3 Å². The Hall–Kier alpha value is -0.740. The van der Waals surface area contributed by atoms with Gasteiger partial charge in [-0.1, -0.05) is 24.3 Å². The molecule has 0 saturated carbocycles. The summed E-state index contributed by atoms with van der Waals surface area (Å²) in [7, 11) is 0. The second-order valence-corrected chi connectivity index (χ2v) is 3.99. The van der Waals surface area contributed by atoms with Crippen LogP contribution >= 0.6 is 25.3 Å². The first-order chi connectivity index (χ1) is 7.65. The van der Waals surface area contributed by atoms with Crippen molar-refractivity contribution in [1.29, 1.82) is 0 Å². The van der Waals surface area contributed by atoms with Gasteiger partial charge in [0.2, 0.25) is 0 Å². The van der Waals surface area contributed by atoms with Crippen LogP contribution in [0.1, 0.15) is 34.1 Å². The molecule has 0 amide bonds. The minimum atomic E-state index is 0.0162. The van der Waals surface area contributed by atoms with Gasteiger partial charge in [0.25, 0.3) is 0 Å². The van der Waals surface area contributed by atoms with Crippen LogP contribution in [-0.4, -0.2) is 23.6 Å². The SMILES string of the molecule is CC(=O)c1ccc(C=O)cc1.SCCCS. The van der Waals surface area contributed by atoms with E-state index in [0.717, 1.165) is 24.2 Å². The van der Waals surface area contributed by atoms with E-state index in [1.54, 1.807) is 24.3 Å². The summed E-state index contributed by atoms with van der Waals surface area (Å²) >= 11 is 7.90. The molecule has 0 bridgehead atoms. The number of hydrogen-bond acceptors (Lipinski definition) is 4. The number of carbonyl (C=O) groups excluding carboxylic acids is 2. The molecule has 0 saturated heterocycles. The zero-order valence-electron chi connectivity index (χ0n) is 9.22. The topological polar surface area (TPSA) is 34.1 Å². The molecule has 0 aliphatic heterocycles. The van der Waals surface area contributed by atoms with E-state index in [-0.39, 0.29) is 5.78 Å². The van der Waals surface area contributed by atoms with Crippen LogP contribution in [0.3, 0.4) is 0 Å². The van der Waals surface area contributed by atoms with Gasteiger partial charge in [0.05, 0.1) is 0 Å². The highest BCUT2D eigenvalue weighted by molar-refractivity contribution is 7.81. The van der Waals surface area contributed by atoms with Crippen molar-refractivity contribution in [2.45, 2.75) is 13.3 Å². The molecule has 1 rings (SSSR count). The van der Waals surface area contributed by atoms with Gasteiger partial charge in [-0.05, 0) is 24.9 Å². The lowest BCUT2D eigenvalue weighted by atomic mass is 10.1.